The van der Waals surface area contributed by atoms with Crippen LogP contribution in [-0.4, -0.2) is 31.6 Å². The molecule has 0 spiro atoms. The Bertz CT molecular complexity index is 998. The zero-order valence-corrected chi connectivity index (χ0v) is 13.7. The van der Waals surface area contributed by atoms with Gasteiger partial charge in [-0.05, 0) is 24.3 Å². The van der Waals surface area contributed by atoms with E-state index in [4.69, 9.17) is 0 Å². The minimum Gasteiger partial charge on any atom is -0.504 e. The van der Waals surface area contributed by atoms with Crippen molar-refractivity contribution < 1.29 is 19.6 Å². The van der Waals surface area contributed by atoms with Crippen LogP contribution in [0.15, 0.2) is 60.8 Å². The number of carbonyl (C=O) groups is 2. The normalized spacial score (nSPS) is 10.2. The number of aromatic nitrogens is 2. The van der Waals surface area contributed by atoms with E-state index in [0.29, 0.717) is 5.69 Å². The number of hydrogen-bond donors (Lipinski definition) is 3. The van der Waals surface area contributed by atoms with Crippen LogP contribution in [0.4, 0.5) is 5.69 Å². The average Bonchev–Trinajstić information content (AvgIpc) is 3.08. The second-order valence-electron chi connectivity index (χ2n) is 5.36. The van der Waals surface area contributed by atoms with Crippen LogP contribution in [0.25, 0.3) is 5.69 Å². The molecule has 0 bridgehead atoms. The third-order valence-corrected chi connectivity index (χ3v) is 3.56. The number of nitro groups is 1. The van der Waals surface area contributed by atoms with Gasteiger partial charge in [0.15, 0.2) is 11.4 Å². The number of hydrogen-bond acceptors (Lipinski definition) is 6. The van der Waals surface area contributed by atoms with Crippen LogP contribution >= 0.6 is 0 Å². The zero-order chi connectivity index (χ0) is 19.4. The number of amides is 2. The van der Waals surface area contributed by atoms with Crippen molar-refractivity contribution in [3.63, 3.8) is 0 Å². The summed E-state index contributed by atoms with van der Waals surface area (Å²) in [6, 6.07) is 13.7. The Labute approximate surface area is 152 Å². The Kier molecular flexibility index (Phi) is 4.79. The van der Waals surface area contributed by atoms with Crippen LogP contribution in [0.1, 0.15) is 20.8 Å². The van der Waals surface area contributed by atoms with Gasteiger partial charge in [-0.25, -0.2) is 4.68 Å². The van der Waals surface area contributed by atoms with E-state index in [-0.39, 0.29) is 22.7 Å². The van der Waals surface area contributed by atoms with Gasteiger partial charge in [0.1, 0.15) is 0 Å². The van der Waals surface area contributed by atoms with Crippen molar-refractivity contribution in [2.24, 2.45) is 0 Å². The van der Waals surface area contributed by atoms with Gasteiger partial charge in [0.05, 0.1) is 16.8 Å². The topological polar surface area (TPSA) is 139 Å². The largest absolute Gasteiger partial charge is 0.504 e. The van der Waals surface area contributed by atoms with E-state index in [9.17, 15) is 24.8 Å². The quantitative estimate of drug-likeness (QED) is 0.472. The molecule has 0 unspecified atom stereocenters. The third kappa shape index (κ3) is 3.90. The first-order valence-corrected chi connectivity index (χ1v) is 7.65. The highest BCUT2D eigenvalue weighted by Gasteiger charge is 2.18. The number of non-ortho nitro benzene ring substituents is 1. The molecule has 0 radical (unpaired) electrons. The van der Waals surface area contributed by atoms with Gasteiger partial charge in [-0.1, -0.05) is 18.2 Å². The Morgan fingerprint density at radius 2 is 1.63 bits per heavy atom. The van der Waals surface area contributed by atoms with Crippen molar-refractivity contribution in [1.29, 1.82) is 0 Å². The summed E-state index contributed by atoms with van der Waals surface area (Å²) >= 11 is 0. The number of carbonyl (C=O) groups excluding carboxylic acids is 2. The molecule has 0 saturated heterocycles. The molecule has 2 amide bonds. The fourth-order valence-electron chi connectivity index (χ4n) is 2.22. The maximum atomic E-state index is 12.1. The number of hydrazine groups is 1. The molecule has 136 valence electrons. The minimum atomic E-state index is -0.822. The van der Waals surface area contributed by atoms with Crippen molar-refractivity contribution in [3.05, 3.63) is 82.2 Å². The monoisotopic (exact) mass is 367 g/mol. The molecule has 3 rings (SSSR count). The van der Waals surface area contributed by atoms with E-state index in [0.717, 1.165) is 0 Å². The second-order valence-corrected chi connectivity index (χ2v) is 5.36. The zero-order valence-electron chi connectivity index (χ0n) is 13.7. The van der Waals surface area contributed by atoms with E-state index in [1.807, 2.05) is 6.07 Å². The van der Waals surface area contributed by atoms with Crippen molar-refractivity contribution in [3.8, 4) is 11.4 Å². The molecule has 1 aromatic heterocycles. The van der Waals surface area contributed by atoms with Crippen molar-refractivity contribution in [2.75, 3.05) is 0 Å². The van der Waals surface area contributed by atoms with Crippen molar-refractivity contribution >= 4 is 17.5 Å². The van der Waals surface area contributed by atoms with Gasteiger partial charge in [-0.15, -0.1) is 0 Å². The molecule has 10 nitrogen and oxygen atoms in total. The SMILES string of the molecule is O=C(NNC(=O)c1nn(-c2ccccc2)cc1O)c1ccc([N+](=O)[O-])cc1. The highest BCUT2D eigenvalue weighted by atomic mass is 16.6. The molecule has 10 heteroatoms. The summed E-state index contributed by atoms with van der Waals surface area (Å²) in [5.74, 6) is -1.86. The summed E-state index contributed by atoms with van der Waals surface area (Å²) in [5.41, 5.74) is 4.60. The molecule has 3 aromatic rings. The van der Waals surface area contributed by atoms with Crippen LogP contribution in [0, 0.1) is 10.1 Å². The molecule has 0 atom stereocenters. The number of nitrogens with zero attached hydrogens (tertiary/aromatic N) is 3. The summed E-state index contributed by atoms with van der Waals surface area (Å²) in [5, 5.41) is 24.5. The van der Waals surface area contributed by atoms with Crippen LogP contribution in [0.2, 0.25) is 0 Å². The molecule has 0 aliphatic heterocycles. The number of aromatic hydroxyl groups is 1. The molecule has 27 heavy (non-hydrogen) atoms. The van der Waals surface area contributed by atoms with Gasteiger partial charge in [-0.3, -0.25) is 30.6 Å². The molecule has 1 heterocycles. The highest BCUT2D eigenvalue weighted by Crippen LogP contribution is 2.17. The molecular weight excluding hydrogens is 354 g/mol. The summed E-state index contributed by atoms with van der Waals surface area (Å²) < 4.78 is 1.32. The van der Waals surface area contributed by atoms with Gasteiger partial charge in [0, 0.05) is 17.7 Å². The Hall–Kier alpha value is -4.21. The van der Waals surface area contributed by atoms with Gasteiger partial charge >= 0.3 is 0 Å². The smallest absolute Gasteiger partial charge is 0.294 e. The predicted molar refractivity (Wildman–Crippen MR) is 93.3 cm³/mol. The fraction of sp³-hybridized carbons (Fsp3) is 0. The van der Waals surface area contributed by atoms with Crippen LogP contribution in [0.5, 0.6) is 5.75 Å². The molecule has 2 aromatic carbocycles. The average molecular weight is 367 g/mol. The Morgan fingerprint density at radius 3 is 2.26 bits per heavy atom. The lowest BCUT2D eigenvalue weighted by Gasteiger charge is -2.06. The number of rotatable bonds is 4. The number of nitrogens with one attached hydrogen (secondary N) is 2. The maximum absolute atomic E-state index is 12.1. The first-order valence-electron chi connectivity index (χ1n) is 7.65. The number of benzene rings is 2. The first-order chi connectivity index (χ1) is 13.0. The summed E-state index contributed by atoms with van der Waals surface area (Å²) in [4.78, 5) is 34.1. The summed E-state index contributed by atoms with van der Waals surface area (Å²) in [6.45, 7) is 0. The first kappa shape index (κ1) is 17.6. The van der Waals surface area contributed by atoms with E-state index in [1.54, 1.807) is 24.3 Å². The lowest BCUT2D eigenvalue weighted by molar-refractivity contribution is -0.384. The number of nitro benzene ring substituents is 1. The van der Waals surface area contributed by atoms with E-state index < -0.39 is 16.7 Å². The molecule has 3 N–H and O–H groups in total. The lowest BCUT2D eigenvalue weighted by atomic mass is 10.2. The van der Waals surface area contributed by atoms with Gasteiger partial charge in [0.2, 0.25) is 0 Å². The van der Waals surface area contributed by atoms with Crippen LogP contribution in [-0.2, 0) is 0 Å². The third-order valence-electron chi connectivity index (χ3n) is 3.56. The molecule has 0 fully saturated rings. The molecular formula is C17H13N5O5. The van der Waals surface area contributed by atoms with Crippen LogP contribution < -0.4 is 10.9 Å². The Balaban J connectivity index is 1.66. The summed E-state index contributed by atoms with van der Waals surface area (Å²) in [7, 11) is 0. The van der Waals surface area contributed by atoms with Crippen molar-refractivity contribution in [2.45, 2.75) is 0 Å². The summed E-state index contributed by atoms with van der Waals surface area (Å²) in [6.07, 6.45) is 1.27. The molecule has 0 saturated carbocycles. The Morgan fingerprint density at radius 1 is 1.00 bits per heavy atom. The van der Waals surface area contributed by atoms with Gasteiger partial charge in [0.25, 0.3) is 17.5 Å². The molecule has 0 aliphatic rings. The van der Waals surface area contributed by atoms with E-state index in [1.165, 1.54) is 35.1 Å². The predicted octanol–water partition coefficient (Wildman–Crippen LogP) is 1.56. The number of para-hydroxylation sites is 1. The maximum Gasteiger partial charge on any atom is 0.294 e. The van der Waals surface area contributed by atoms with E-state index in [2.05, 4.69) is 16.0 Å². The fourth-order valence-corrected chi connectivity index (χ4v) is 2.22. The van der Waals surface area contributed by atoms with Crippen LogP contribution in [0.3, 0.4) is 0 Å². The van der Waals surface area contributed by atoms with E-state index >= 15 is 0 Å². The van der Waals surface area contributed by atoms with Gasteiger partial charge in [-0.2, -0.15) is 5.10 Å². The van der Waals surface area contributed by atoms with Gasteiger partial charge < -0.3 is 5.11 Å². The lowest BCUT2D eigenvalue weighted by Crippen LogP contribution is -2.41. The molecule has 0 aliphatic carbocycles. The highest BCUT2D eigenvalue weighted by molar-refractivity contribution is 5.99. The second kappa shape index (κ2) is 7.35. The minimum absolute atomic E-state index is 0.111. The van der Waals surface area contributed by atoms with Crippen molar-refractivity contribution in [1.82, 2.24) is 20.6 Å². The standard InChI is InChI=1S/C17H13N5O5/c23-14-10-21(12-4-2-1-3-5-12)20-15(14)17(25)19-18-16(24)11-6-8-13(9-7-11)22(26)27/h1-10,23H,(H,18,24)(H,19,25).